The van der Waals surface area contributed by atoms with Crippen molar-refractivity contribution >= 4 is 39.1 Å². The second kappa shape index (κ2) is 7.60. The number of halogens is 2. The molecular formula is C19H18ClFN2O2S. The van der Waals surface area contributed by atoms with E-state index >= 15 is 0 Å². The molecule has 1 aromatic carbocycles. The van der Waals surface area contributed by atoms with Crippen LogP contribution in [0.3, 0.4) is 0 Å². The molecule has 26 heavy (non-hydrogen) atoms. The second-order valence-corrected chi connectivity index (χ2v) is 7.51. The van der Waals surface area contributed by atoms with E-state index in [9.17, 15) is 14.0 Å². The summed E-state index contributed by atoms with van der Waals surface area (Å²) in [4.78, 5) is 25.9. The molecule has 3 aromatic rings. The van der Waals surface area contributed by atoms with Gasteiger partial charge in [-0.3, -0.25) is 9.59 Å². The molecule has 0 unspecified atom stereocenters. The Morgan fingerprint density at radius 3 is 2.65 bits per heavy atom. The normalized spacial score (nSPS) is 11.1. The summed E-state index contributed by atoms with van der Waals surface area (Å²) in [6.07, 6.45) is 1.71. The monoisotopic (exact) mass is 392 g/mol. The number of hydrogen-bond donors (Lipinski definition) is 1. The van der Waals surface area contributed by atoms with E-state index in [-0.39, 0.29) is 30.1 Å². The van der Waals surface area contributed by atoms with E-state index in [2.05, 4.69) is 5.32 Å². The van der Waals surface area contributed by atoms with Crippen molar-refractivity contribution in [1.82, 2.24) is 9.88 Å². The van der Waals surface area contributed by atoms with Gasteiger partial charge in [0.1, 0.15) is 5.82 Å². The third-order valence-corrected chi connectivity index (χ3v) is 5.99. The van der Waals surface area contributed by atoms with Crippen LogP contribution in [0.1, 0.15) is 21.6 Å². The Morgan fingerprint density at radius 2 is 2.00 bits per heavy atom. The third-order valence-electron chi connectivity index (χ3n) is 4.29. The second-order valence-electron chi connectivity index (χ2n) is 6.14. The fourth-order valence-electron chi connectivity index (χ4n) is 2.92. The van der Waals surface area contributed by atoms with Crippen molar-refractivity contribution in [3.8, 4) is 0 Å². The first kappa shape index (κ1) is 18.6. The molecule has 0 aliphatic heterocycles. The van der Waals surface area contributed by atoms with Crippen molar-refractivity contribution in [1.29, 1.82) is 0 Å². The smallest absolute Gasteiger partial charge is 0.224 e. The van der Waals surface area contributed by atoms with Crippen LogP contribution in [0, 0.1) is 12.7 Å². The predicted octanol–water partition coefficient (Wildman–Crippen LogP) is 3.65. The molecule has 2 aromatic heterocycles. The number of nitrogens with zero attached hydrogens (tertiary/aromatic N) is 1. The van der Waals surface area contributed by atoms with Crippen LogP contribution in [-0.4, -0.2) is 10.5 Å². The van der Waals surface area contributed by atoms with Crippen molar-refractivity contribution in [2.45, 2.75) is 25.8 Å². The number of carbonyl (C=O) groups is 1. The molecule has 0 aliphatic rings. The van der Waals surface area contributed by atoms with E-state index in [4.69, 9.17) is 11.6 Å². The summed E-state index contributed by atoms with van der Waals surface area (Å²) in [5, 5.41) is 2.76. The van der Waals surface area contributed by atoms with Gasteiger partial charge >= 0.3 is 0 Å². The number of aromatic nitrogens is 1. The van der Waals surface area contributed by atoms with Gasteiger partial charge in [0.2, 0.25) is 11.3 Å². The van der Waals surface area contributed by atoms with Gasteiger partial charge in [-0.15, -0.1) is 22.9 Å². The average Bonchev–Trinajstić information content (AvgIpc) is 2.96. The summed E-state index contributed by atoms with van der Waals surface area (Å²) in [5.74, 6) is -0.214. The summed E-state index contributed by atoms with van der Waals surface area (Å²) in [7, 11) is 1.86. The van der Waals surface area contributed by atoms with Gasteiger partial charge in [0.15, 0.2) is 0 Å². The molecule has 7 heteroatoms. The quantitative estimate of drug-likeness (QED) is 0.674. The standard InChI is InChI=1S/C19H18ClFN2O2S/c1-11-15(8-20)26-19-17(11)23(2)10-13(18(19)25)7-16(24)22-9-12-3-5-14(21)6-4-12/h3-6,10H,7-9H2,1-2H3,(H,22,24). The van der Waals surface area contributed by atoms with Gasteiger partial charge < -0.3 is 9.88 Å². The van der Waals surface area contributed by atoms with Crippen LogP contribution in [0.25, 0.3) is 10.2 Å². The Kier molecular flexibility index (Phi) is 5.44. The summed E-state index contributed by atoms with van der Waals surface area (Å²) in [5.41, 5.74) is 2.99. The number of pyridine rings is 1. The van der Waals surface area contributed by atoms with Crippen LogP contribution >= 0.6 is 22.9 Å². The lowest BCUT2D eigenvalue weighted by Gasteiger charge is -2.08. The van der Waals surface area contributed by atoms with E-state index in [0.29, 0.717) is 16.1 Å². The first-order valence-electron chi connectivity index (χ1n) is 8.08. The van der Waals surface area contributed by atoms with Crippen molar-refractivity contribution < 1.29 is 9.18 Å². The Bertz CT molecular complexity index is 1020. The largest absolute Gasteiger partial charge is 0.352 e. The predicted molar refractivity (Wildman–Crippen MR) is 103 cm³/mol. The summed E-state index contributed by atoms with van der Waals surface area (Å²) in [6, 6.07) is 5.92. The highest BCUT2D eigenvalue weighted by Gasteiger charge is 2.17. The molecule has 0 spiro atoms. The minimum absolute atomic E-state index is 0.00301. The minimum Gasteiger partial charge on any atom is -0.352 e. The van der Waals surface area contributed by atoms with E-state index in [0.717, 1.165) is 21.5 Å². The molecule has 0 aliphatic carbocycles. The van der Waals surface area contributed by atoms with Gasteiger partial charge in [-0.2, -0.15) is 0 Å². The van der Waals surface area contributed by atoms with Crippen LogP contribution in [-0.2, 0) is 30.7 Å². The topological polar surface area (TPSA) is 51.1 Å². The highest BCUT2D eigenvalue weighted by molar-refractivity contribution is 7.19. The van der Waals surface area contributed by atoms with Gasteiger partial charge in [-0.25, -0.2) is 4.39 Å². The van der Waals surface area contributed by atoms with Gasteiger partial charge in [-0.05, 0) is 30.2 Å². The molecule has 1 amide bonds. The number of benzene rings is 1. The van der Waals surface area contributed by atoms with E-state index in [1.807, 2.05) is 18.5 Å². The number of amides is 1. The van der Waals surface area contributed by atoms with Crippen LogP contribution in [0.5, 0.6) is 0 Å². The maximum Gasteiger partial charge on any atom is 0.224 e. The van der Waals surface area contributed by atoms with Crippen LogP contribution in [0.2, 0.25) is 0 Å². The molecule has 0 fully saturated rings. The third kappa shape index (κ3) is 3.66. The molecule has 4 nitrogen and oxygen atoms in total. The van der Waals surface area contributed by atoms with Crippen LogP contribution in [0.15, 0.2) is 35.3 Å². The molecule has 0 saturated heterocycles. The van der Waals surface area contributed by atoms with Crippen LogP contribution in [0.4, 0.5) is 4.39 Å². The van der Waals surface area contributed by atoms with Gasteiger partial charge in [0.05, 0.1) is 22.5 Å². The lowest BCUT2D eigenvalue weighted by atomic mass is 10.1. The lowest BCUT2D eigenvalue weighted by Crippen LogP contribution is -2.27. The number of nitrogens with one attached hydrogen (secondary N) is 1. The van der Waals surface area contributed by atoms with Crippen molar-refractivity contribution in [3.05, 3.63) is 68.1 Å². The van der Waals surface area contributed by atoms with E-state index in [1.54, 1.807) is 18.3 Å². The molecule has 0 saturated carbocycles. The van der Waals surface area contributed by atoms with Gasteiger partial charge in [-0.1, -0.05) is 12.1 Å². The van der Waals surface area contributed by atoms with Crippen molar-refractivity contribution in [2.24, 2.45) is 7.05 Å². The van der Waals surface area contributed by atoms with Gasteiger partial charge in [0, 0.05) is 30.2 Å². The summed E-state index contributed by atoms with van der Waals surface area (Å²) in [6.45, 7) is 2.24. The van der Waals surface area contributed by atoms with Crippen molar-refractivity contribution in [2.75, 3.05) is 0 Å². The molecule has 136 valence electrons. The van der Waals surface area contributed by atoms with Crippen LogP contribution < -0.4 is 10.7 Å². The first-order valence-corrected chi connectivity index (χ1v) is 9.43. The summed E-state index contributed by atoms with van der Waals surface area (Å²) < 4.78 is 15.4. The van der Waals surface area contributed by atoms with E-state index in [1.165, 1.54) is 23.5 Å². The number of thiophene rings is 1. The fraction of sp³-hybridized carbons (Fsp3) is 0.263. The SMILES string of the molecule is Cc1c(CCl)sc2c(=O)c(CC(=O)NCc3ccc(F)cc3)cn(C)c12. The zero-order valence-corrected chi connectivity index (χ0v) is 16.0. The molecule has 1 N–H and O–H groups in total. The first-order chi connectivity index (χ1) is 12.4. The molecular weight excluding hydrogens is 375 g/mol. The van der Waals surface area contributed by atoms with Crippen molar-refractivity contribution in [3.63, 3.8) is 0 Å². The lowest BCUT2D eigenvalue weighted by molar-refractivity contribution is -0.120. The highest BCUT2D eigenvalue weighted by Crippen LogP contribution is 2.29. The summed E-state index contributed by atoms with van der Waals surface area (Å²) >= 11 is 7.34. The maximum atomic E-state index is 12.9. The number of aryl methyl sites for hydroxylation is 2. The highest BCUT2D eigenvalue weighted by atomic mass is 35.5. The Hall–Kier alpha value is -2.18. The van der Waals surface area contributed by atoms with E-state index < -0.39 is 0 Å². The minimum atomic E-state index is -0.320. The molecule has 0 bridgehead atoms. The molecule has 0 radical (unpaired) electrons. The number of rotatable bonds is 5. The molecule has 0 atom stereocenters. The molecule has 3 rings (SSSR count). The number of fused-ring (bicyclic) bond motifs is 1. The Morgan fingerprint density at radius 1 is 1.31 bits per heavy atom. The Labute approximate surface area is 159 Å². The zero-order chi connectivity index (χ0) is 18.8. The number of hydrogen-bond acceptors (Lipinski definition) is 3. The maximum absolute atomic E-state index is 12.9. The number of carbonyl (C=O) groups excluding carboxylic acids is 1. The fourth-order valence-corrected chi connectivity index (χ4v) is 4.46. The number of alkyl halides is 1. The average molecular weight is 393 g/mol. The zero-order valence-electron chi connectivity index (χ0n) is 14.4. The molecule has 2 heterocycles. The van der Waals surface area contributed by atoms with Gasteiger partial charge in [0.25, 0.3) is 0 Å². The Balaban J connectivity index is 1.80.